The van der Waals surface area contributed by atoms with Gasteiger partial charge in [0.2, 0.25) is 0 Å². The maximum absolute atomic E-state index is 6.01. The van der Waals surface area contributed by atoms with Gasteiger partial charge in [0.25, 0.3) is 0 Å². The maximum Gasteiger partial charge on any atom is 0.122 e. The van der Waals surface area contributed by atoms with Crippen LogP contribution in [-0.2, 0) is 0 Å². The summed E-state index contributed by atoms with van der Waals surface area (Å²) in [6.07, 6.45) is 5.24. The average Bonchev–Trinajstić information content (AvgIpc) is 2.39. The topological polar surface area (TPSA) is 25.8 Å². The Morgan fingerprint density at radius 1 is 1.16 bits per heavy atom. The minimum atomic E-state index is 0.295. The van der Waals surface area contributed by atoms with E-state index in [0.717, 1.165) is 12.2 Å². The molecule has 1 aromatic rings. The first-order chi connectivity index (χ1) is 9.13. The van der Waals surface area contributed by atoms with E-state index < -0.39 is 0 Å². The van der Waals surface area contributed by atoms with Crippen molar-refractivity contribution in [1.29, 1.82) is 0 Å². The average molecular weight is 264 g/mol. The molecule has 0 spiro atoms. The third kappa shape index (κ3) is 6.63. The number of para-hydroxylation sites is 1. The van der Waals surface area contributed by atoms with E-state index >= 15 is 0 Å². The highest BCUT2D eigenvalue weighted by Crippen LogP contribution is 2.19. The standard InChI is InChI=1S/C17H29NO/c1-5-6-13-18-15(3)11-12-16(4)19-17-10-8-7-9-14(17)2/h7-10,15-16,18H,5-6,11-13H2,1-4H3/p+1/t15-,16+/m0/s1. The second-order valence-corrected chi connectivity index (χ2v) is 5.63. The van der Waals surface area contributed by atoms with Crippen LogP contribution in [0.2, 0.25) is 0 Å². The number of nitrogens with two attached hydrogens (primary N) is 1. The predicted molar refractivity (Wildman–Crippen MR) is 81.7 cm³/mol. The highest BCUT2D eigenvalue weighted by atomic mass is 16.5. The predicted octanol–water partition coefficient (Wildman–Crippen LogP) is 3.29. The van der Waals surface area contributed by atoms with Crippen molar-refractivity contribution in [2.45, 2.75) is 65.5 Å². The van der Waals surface area contributed by atoms with Crippen LogP contribution < -0.4 is 10.1 Å². The molecule has 0 aliphatic heterocycles. The Balaban J connectivity index is 2.24. The summed E-state index contributed by atoms with van der Waals surface area (Å²) in [6, 6.07) is 8.95. The number of benzene rings is 1. The molecule has 0 saturated carbocycles. The Labute approximate surface area is 118 Å². The van der Waals surface area contributed by atoms with Gasteiger partial charge in [-0.3, -0.25) is 0 Å². The molecule has 0 aliphatic carbocycles. The van der Waals surface area contributed by atoms with E-state index in [-0.39, 0.29) is 0 Å². The highest BCUT2D eigenvalue weighted by Gasteiger charge is 2.10. The Kier molecular flexibility index (Phi) is 7.57. The molecule has 0 saturated heterocycles. The summed E-state index contributed by atoms with van der Waals surface area (Å²) in [6.45, 7) is 10.1. The Hall–Kier alpha value is -1.02. The van der Waals surface area contributed by atoms with Crippen molar-refractivity contribution < 1.29 is 10.1 Å². The normalized spacial score (nSPS) is 14.1. The van der Waals surface area contributed by atoms with Crippen LogP contribution in [0.5, 0.6) is 5.75 Å². The van der Waals surface area contributed by atoms with Crippen LogP contribution in [0.3, 0.4) is 0 Å². The fraction of sp³-hybridized carbons (Fsp3) is 0.647. The van der Waals surface area contributed by atoms with Crippen LogP contribution in [0.25, 0.3) is 0 Å². The summed E-state index contributed by atoms with van der Waals surface area (Å²) in [5.41, 5.74) is 1.22. The molecular weight excluding hydrogens is 234 g/mol. The number of aryl methyl sites for hydroxylation is 1. The molecule has 0 heterocycles. The van der Waals surface area contributed by atoms with Crippen molar-refractivity contribution in [2.75, 3.05) is 6.54 Å². The van der Waals surface area contributed by atoms with Crippen molar-refractivity contribution in [2.24, 2.45) is 0 Å². The van der Waals surface area contributed by atoms with E-state index in [4.69, 9.17) is 4.74 Å². The highest BCUT2D eigenvalue weighted by molar-refractivity contribution is 5.31. The quantitative estimate of drug-likeness (QED) is 0.680. The first-order valence-electron chi connectivity index (χ1n) is 7.69. The molecule has 0 unspecified atom stereocenters. The molecule has 1 rings (SSSR count). The third-order valence-electron chi connectivity index (χ3n) is 3.58. The molecule has 2 heteroatoms. The lowest BCUT2D eigenvalue weighted by Gasteiger charge is -2.18. The third-order valence-corrected chi connectivity index (χ3v) is 3.58. The van der Waals surface area contributed by atoms with Crippen LogP contribution in [0, 0.1) is 6.92 Å². The second-order valence-electron chi connectivity index (χ2n) is 5.63. The molecule has 0 aromatic heterocycles. The summed E-state index contributed by atoms with van der Waals surface area (Å²) in [5.74, 6) is 1.03. The van der Waals surface area contributed by atoms with Crippen LogP contribution in [0.4, 0.5) is 0 Å². The molecular formula is C17H30NO+. The number of hydrogen-bond donors (Lipinski definition) is 1. The summed E-state index contributed by atoms with van der Waals surface area (Å²) < 4.78 is 6.01. The number of unbranched alkanes of at least 4 members (excludes halogenated alkanes) is 1. The van der Waals surface area contributed by atoms with Gasteiger partial charge in [0.15, 0.2) is 0 Å². The van der Waals surface area contributed by atoms with Gasteiger partial charge in [-0.05, 0) is 45.2 Å². The maximum atomic E-state index is 6.01. The van der Waals surface area contributed by atoms with Crippen molar-refractivity contribution in [1.82, 2.24) is 0 Å². The molecule has 0 radical (unpaired) electrons. The molecule has 2 atom stereocenters. The van der Waals surface area contributed by atoms with Crippen molar-refractivity contribution in [3.8, 4) is 5.75 Å². The Morgan fingerprint density at radius 2 is 1.89 bits per heavy atom. The molecule has 2 nitrogen and oxygen atoms in total. The largest absolute Gasteiger partial charge is 0.490 e. The van der Waals surface area contributed by atoms with Gasteiger partial charge in [-0.2, -0.15) is 0 Å². The van der Waals surface area contributed by atoms with Gasteiger partial charge < -0.3 is 10.1 Å². The zero-order valence-corrected chi connectivity index (χ0v) is 13.0. The summed E-state index contributed by atoms with van der Waals surface area (Å²) in [4.78, 5) is 0. The summed E-state index contributed by atoms with van der Waals surface area (Å²) in [5, 5.41) is 2.46. The van der Waals surface area contributed by atoms with Gasteiger partial charge in [-0.25, -0.2) is 0 Å². The van der Waals surface area contributed by atoms with Gasteiger partial charge in [0, 0.05) is 6.42 Å². The van der Waals surface area contributed by atoms with Crippen molar-refractivity contribution in [3.05, 3.63) is 29.8 Å². The molecule has 0 bridgehead atoms. The Bertz CT molecular complexity index is 351. The van der Waals surface area contributed by atoms with E-state index in [1.54, 1.807) is 0 Å². The van der Waals surface area contributed by atoms with Crippen molar-refractivity contribution >= 4 is 0 Å². The van der Waals surface area contributed by atoms with E-state index in [1.165, 1.54) is 31.4 Å². The second kappa shape index (κ2) is 8.98. The minimum Gasteiger partial charge on any atom is -0.490 e. The Morgan fingerprint density at radius 3 is 2.58 bits per heavy atom. The van der Waals surface area contributed by atoms with Gasteiger partial charge >= 0.3 is 0 Å². The molecule has 0 aliphatic rings. The first-order valence-corrected chi connectivity index (χ1v) is 7.69. The smallest absolute Gasteiger partial charge is 0.122 e. The monoisotopic (exact) mass is 264 g/mol. The van der Waals surface area contributed by atoms with E-state index in [0.29, 0.717) is 12.1 Å². The van der Waals surface area contributed by atoms with Gasteiger partial charge in [0.1, 0.15) is 5.75 Å². The summed E-state index contributed by atoms with van der Waals surface area (Å²) >= 11 is 0. The molecule has 0 amide bonds. The van der Waals surface area contributed by atoms with Gasteiger partial charge in [0.05, 0.1) is 18.7 Å². The zero-order chi connectivity index (χ0) is 14.1. The van der Waals surface area contributed by atoms with Crippen LogP contribution in [0.1, 0.15) is 52.0 Å². The molecule has 0 fully saturated rings. The van der Waals surface area contributed by atoms with E-state index in [2.05, 4.69) is 51.2 Å². The van der Waals surface area contributed by atoms with Gasteiger partial charge in [-0.15, -0.1) is 0 Å². The van der Waals surface area contributed by atoms with Crippen molar-refractivity contribution in [3.63, 3.8) is 0 Å². The number of rotatable bonds is 9. The molecule has 108 valence electrons. The molecule has 19 heavy (non-hydrogen) atoms. The number of hydrogen-bond acceptors (Lipinski definition) is 1. The fourth-order valence-electron chi connectivity index (χ4n) is 2.19. The minimum absolute atomic E-state index is 0.295. The van der Waals surface area contributed by atoms with Crippen LogP contribution in [0.15, 0.2) is 24.3 Å². The SMILES string of the molecule is CCCC[NH2+][C@@H](C)CC[C@@H](C)Oc1ccccc1C. The lowest BCUT2D eigenvalue weighted by atomic mass is 10.1. The fourth-order valence-corrected chi connectivity index (χ4v) is 2.19. The van der Waals surface area contributed by atoms with E-state index in [1.807, 2.05) is 6.07 Å². The van der Waals surface area contributed by atoms with Gasteiger partial charge in [-0.1, -0.05) is 31.5 Å². The summed E-state index contributed by atoms with van der Waals surface area (Å²) in [7, 11) is 0. The van der Waals surface area contributed by atoms with Crippen LogP contribution >= 0.6 is 0 Å². The molecule has 2 N–H and O–H groups in total. The molecule has 1 aromatic carbocycles. The lowest BCUT2D eigenvalue weighted by Crippen LogP contribution is -2.89. The first kappa shape index (κ1) is 16.0. The van der Waals surface area contributed by atoms with Crippen LogP contribution in [-0.4, -0.2) is 18.7 Å². The zero-order valence-electron chi connectivity index (χ0n) is 13.0. The van der Waals surface area contributed by atoms with E-state index in [9.17, 15) is 0 Å². The lowest BCUT2D eigenvalue weighted by molar-refractivity contribution is -0.687. The number of ether oxygens (including phenoxy) is 1. The number of quaternary nitrogens is 1.